The highest BCUT2D eigenvalue weighted by molar-refractivity contribution is 5.71. The van der Waals surface area contributed by atoms with Gasteiger partial charge in [-0.05, 0) is 5.92 Å². The van der Waals surface area contributed by atoms with E-state index in [1.807, 2.05) is 19.3 Å². The van der Waals surface area contributed by atoms with Crippen LogP contribution in [0.3, 0.4) is 0 Å². The van der Waals surface area contributed by atoms with Crippen molar-refractivity contribution in [1.82, 2.24) is 5.43 Å². The van der Waals surface area contributed by atoms with Crippen molar-refractivity contribution < 1.29 is 9.59 Å². The number of hydrogen-bond acceptors (Lipinski definition) is 3. The fourth-order valence-corrected chi connectivity index (χ4v) is 0.192. The SMILES string of the molecule is CC(=O)NN.CC(C)CC=O. The Balaban J connectivity index is 0. The lowest BCUT2D eigenvalue weighted by molar-refractivity contribution is -0.119. The number of nitrogens with one attached hydrogen (secondary N) is 1. The van der Waals surface area contributed by atoms with Crippen LogP contribution >= 0.6 is 0 Å². The molecule has 0 saturated carbocycles. The average Bonchev–Trinajstić information content (AvgIpc) is 1.89. The molecular weight excluding hydrogens is 144 g/mol. The van der Waals surface area contributed by atoms with Crippen LogP contribution in [0.25, 0.3) is 0 Å². The van der Waals surface area contributed by atoms with Crippen LogP contribution in [-0.2, 0) is 9.59 Å². The molecule has 4 nitrogen and oxygen atoms in total. The number of carbonyl (C=O) groups excluding carboxylic acids is 2. The van der Waals surface area contributed by atoms with Gasteiger partial charge in [-0.3, -0.25) is 10.2 Å². The maximum atomic E-state index is 9.62. The maximum absolute atomic E-state index is 9.62. The van der Waals surface area contributed by atoms with Crippen molar-refractivity contribution in [3.05, 3.63) is 0 Å². The molecule has 0 saturated heterocycles. The Morgan fingerprint density at radius 3 is 2.00 bits per heavy atom. The average molecular weight is 160 g/mol. The van der Waals surface area contributed by atoms with Crippen molar-refractivity contribution in [3.63, 3.8) is 0 Å². The summed E-state index contributed by atoms with van der Waals surface area (Å²) in [4.78, 5) is 19.2. The van der Waals surface area contributed by atoms with Crippen LogP contribution < -0.4 is 11.3 Å². The fraction of sp³-hybridized carbons (Fsp3) is 0.714. The van der Waals surface area contributed by atoms with Crippen molar-refractivity contribution in [2.75, 3.05) is 0 Å². The molecule has 0 atom stereocenters. The molecule has 4 heteroatoms. The van der Waals surface area contributed by atoms with E-state index in [9.17, 15) is 9.59 Å². The lowest BCUT2D eigenvalue weighted by Crippen LogP contribution is -2.26. The summed E-state index contributed by atoms with van der Waals surface area (Å²) in [6.07, 6.45) is 1.64. The lowest BCUT2D eigenvalue weighted by Gasteiger charge is -1.89. The van der Waals surface area contributed by atoms with Crippen LogP contribution in [0.4, 0.5) is 0 Å². The zero-order valence-electron chi connectivity index (χ0n) is 7.26. The first-order valence-corrected chi connectivity index (χ1v) is 3.45. The third-order valence-corrected chi connectivity index (χ3v) is 0.771. The van der Waals surface area contributed by atoms with Gasteiger partial charge in [0.05, 0.1) is 0 Å². The Morgan fingerprint density at radius 2 is 2.00 bits per heavy atom. The normalized spacial score (nSPS) is 8.09. The van der Waals surface area contributed by atoms with Gasteiger partial charge in [0, 0.05) is 13.3 Å². The predicted molar refractivity (Wildman–Crippen MR) is 43.5 cm³/mol. The number of hydrazine groups is 1. The number of rotatable bonds is 2. The molecule has 66 valence electrons. The molecule has 0 fully saturated rings. The number of hydrogen-bond donors (Lipinski definition) is 2. The summed E-state index contributed by atoms with van der Waals surface area (Å²) in [6, 6.07) is 0. The zero-order chi connectivity index (χ0) is 9.28. The van der Waals surface area contributed by atoms with E-state index in [0.717, 1.165) is 6.29 Å². The van der Waals surface area contributed by atoms with Crippen LogP contribution in [0.1, 0.15) is 27.2 Å². The Labute approximate surface area is 67.1 Å². The van der Waals surface area contributed by atoms with Gasteiger partial charge in [0.1, 0.15) is 6.29 Å². The molecule has 0 bridgehead atoms. The summed E-state index contributed by atoms with van der Waals surface area (Å²) < 4.78 is 0. The molecule has 0 aromatic rings. The van der Waals surface area contributed by atoms with Crippen LogP contribution in [-0.4, -0.2) is 12.2 Å². The van der Waals surface area contributed by atoms with Crippen LogP contribution in [0.2, 0.25) is 0 Å². The smallest absolute Gasteiger partial charge is 0.230 e. The van der Waals surface area contributed by atoms with Crippen LogP contribution in [0.15, 0.2) is 0 Å². The Kier molecular flexibility index (Phi) is 10.5. The van der Waals surface area contributed by atoms with Gasteiger partial charge >= 0.3 is 0 Å². The largest absolute Gasteiger partial charge is 0.303 e. The minimum atomic E-state index is -0.218. The summed E-state index contributed by atoms with van der Waals surface area (Å²) in [7, 11) is 0. The minimum absolute atomic E-state index is 0.218. The summed E-state index contributed by atoms with van der Waals surface area (Å²) in [6.45, 7) is 5.39. The second kappa shape index (κ2) is 9.10. The molecule has 11 heavy (non-hydrogen) atoms. The summed E-state index contributed by atoms with van der Waals surface area (Å²) in [5.74, 6) is 4.88. The molecule has 0 aromatic carbocycles. The molecule has 0 aliphatic rings. The summed E-state index contributed by atoms with van der Waals surface area (Å²) >= 11 is 0. The fourth-order valence-electron chi connectivity index (χ4n) is 0.192. The molecule has 0 heterocycles. The lowest BCUT2D eigenvalue weighted by atomic mass is 10.2. The number of carbonyl (C=O) groups is 2. The van der Waals surface area contributed by atoms with E-state index in [1.54, 1.807) is 0 Å². The van der Waals surface area contributed by atoms with Gasteiger partial charge in [0.15, 0.2) is 0 Å². The third-order valence-electron chi connectivity index (χ3n) is 0.771. The Morgan fingerprint density at radius 1 is 1.64 bits per heavy atom. The maximum Gasteiger partial charge on any atom is 0.230 e. The molecule has 1 amide bonds. The zero-order valence-corrected chi connectivity index (χ0v) is 7.26. The first-order chi connectivity index (χ1) is 5.04. The van der Waals surface area contributed by atoms with E-state index in [2.05, 4.69) is 5.84 Å². The molecule has 0 rings (SSSR count). The Bertz CT molecular complexity index is 113. The van der Waals surface area contributed by atoms with Crippen molar-refractivity contribution in [2.24, 2.45) is 11.8 Å². The molecule has 3 N–H and O–H groups in total. The second-order valence-corrected chi connectivity index (χ2v) is 2.50. The first kappa shape index (κ1) is 12.7. The van der Waals surface area contributed by atoms with Gasteiger partial charge in [-0.15, -0.1) is 0 Å². The van der Waals surface area contributed by atoms with Crippen LogP contribution in [0, 0.1) is 5.92 Å². The first-order valence-electron chi connectivity index (χ1n) is 3.45. The highest BCUT2D eigenvalue weighted by atomic mass is 16.2. The highest BCUT2D eigenvalue weighted by Gasteiger charge is 1.85. The van der Waals surface area contributed by atoms with Gasteiger partial charge in [-0.1, -0.05) is 13.8 Å². The van der Waals surface area contributed by atoms with Gasteiger partial charge in [-0.25, -0.2) is 5.84 Å². The van der Waals surface area contributed by atoms with Crippen molar-refractivity contribution in [2.45, 2.75) is 27.2 Å². The topological polar surface area (TPSA) is 72.2 Å². The van der Waals surface area contributed by atoms with Gasteiger partial charge in [0.2, 0.25) is 5.91 Å². The number of aldehydes is 1. The number of amides is 1. The van der Waals surface area contributed by atoms with Crippen molar-refractivity contribution in [1.29, 1.82) is 0 Å². The van der Waals surface area contributed by atoms with E-state index < -0.39 is 0 Å². The van der Waals surface area contributed by atoms with E-state index in [4.69, 9.17) is 0 Å². The van der Waals surface area contributed by atoms with Gasteiger partial charge in [0.25, 0.3) is 0 Å². The summed E-state index contributed by atoms with van der Waals surface area (Å²) in [5, 5.41) is 0. The van der Waals surface area contributed by atoms with Gasteiger partial charge in [-0.2, -0.15) is 0 Å². The highest BCUT2D eigenvalue weighted by Crippen LogP contribution is 1.92. The number of nitrogens with two attached hydrogens (primary N) is 1. The summed E-state index contributed by atoms with van der Waals surface area (Å²) in [5.41, 5.74) is 1.89. The minimum Gasteiger partial charge on any atom is -0.303 e. The second-order valence-electron chi connectivity index (χ2n) is 2.50. The van der Waals surface area contributed by atoms with E-state index in [1.165, 1.54) is 6.92 Å². The third kappa shape index (κ3) is 27.3. The molecule has 0 spiro atoms. The molecule has 0 unspecified atom stereocenters. The van der Waals surface area contributed by atoms with E-state index in [-0.39, 0.29) is 5.91 Å². The Hall–Kier alpha value is -0.900. The molecule has 0 aliphatic heterocycles. The monoisotopic (exact) mass is 160 g/mol. The predicted octanol–water partition coefficient (Wildman–Crippen LogP) is 0.228. The van der Waals surface area contributed by atoms with E-state index in [0.29, 0.717) is 12.3 Å². The molecule has 0 aliphatic carbocycles. The molecule has 0 radical (unpaired) electrons. The van der Waals surface area contributed by atoms with Crippen molar-refractivity contribution in [3.8, 4) is 0 Å². The molecule has 0 aromatic heterocycles. The van der Waals surface area contributed by atoms with Crippen LogP contribution in [0.5, 0.6) is 0 Å². The van der Waals surface area contributed by atoms with E-state index >= 15 is 0 Å². The standard InChI is InChI=1S/C5H10O.C2H6N2O/c1-5(2)3-4-6;1-2(5)4-3/h4-5H,3H2,1-2H3;3H2,1H3,(H,4,5). The van der Waals surface area contributed by atoms with Crippen molar-refractivity contribution >= 4 is 12.2 Å². The molecular formula is C7H16N2O2. The van der Waals surface area contributed by atoms with Gasteiger partial charge < -0.3 is 4.79 Å². The quantitative estimate of drug-likeness (QED) is 0.263.